The number of cyclic esters (lactones) is 1. The van der Waals surface area contributed by atoms with E-state index in [9.17, 15) is 9.59 Å². The molecule has 5 fully saturated rings. The zero-order valence-corrected chi connectivity index (χ0v) is 16.5. The van der Waals surface area contributed by atoms with Crippen LogP contribution in [0.25, 0.3) is 0 Å². The van der Waals surface area contributed by atoms with Crippen LogP contribution >= 0.6 is 15.9 Å². The van der Waals surface area contributed by atoms with Crippen LogP contribution in [0.5, 0.6) is 0 Å². The van der Waals surface area contributed by atoms with E-state index in [0.29, 0.717) is 26.2 Å². The van der Waals surface area contributed by atoms with Crippen molar-refractivity contribution >= 4 is 28.0 Å². The summed E-state index contributed by atoms with van der Waals surface area (Å²) in [6.07, 6.45) is 2.82. The summed E-state index contributed by atoms with van der Waals surface area (Å²) in [6, 6.07) is 0. The number of likely N-dealkylation sites (tertiary alicyclic amines) is 1. The lowest BCUT2D eigenvalue weighted by Crippen LogP contribution is -2.76. The van der Waals surface area contributed by atoms with Crippen LogP contribution in [-0.4, -0.2) is 60.2 Å². The Kier molecular flexibility index (Phi) is 3.70. The van der Waals surface area contributed by atoms with Gasteiger partial charge in [-0.2, -0.15) is 0 Å². The van der Waals surface area contributed by atoms with E-state index in [-0.39, 0.29) is 28.8 Å². The quantitative estimate of drug-likeness (QED) is 0.362. The first-order chi connectivity index (χ1) is 12.5. The summed E-state index contributed by atoms with van der Waals surface area (Å²) >= 11 is 3.88. The number of rotatable bonds is 1. The monoisotopic (exact) mass is 429 g/mol. The molecule has 2 unspecified atom stereocenters. The minimum Gasteiger partial charge on any atom is -0.433 e. The number of halogens is 1. The molecule has 26 heavy (non-hydrogen) atoms. The number of nitrogens with zero attached hydrogens (tertiary/aromatic N) is 1. The van der Waals surface area contributed by atoms with Crippen molar-refractivity contribution in [3.8, 4) is 0 Å². The zero-order chi connectivity index (χ0) is 18.2. The second-order valence-electron chi connectivity index (χ2n) is 8.26. The largest absolute Gasteiger partial charge is 0.508 e. The van der Waals surface area contributed by atoms with Crippen LogP contribution in [0, 0.1) is 16.7 Å². The standard InChI is InChI=1S/C18H24BrNO6/c1-2-20-13(19)16-5-4-12-18(14(20)21,10-23-15(22)26-12)11(16)3-6-17(9-16)24-7-8-25-17/h11-13H,2-10H2,1H3/t11?,12-,13+,16?,18+/m1/s1. The van der Waals surface area contributed by atoms with Crippen LogP contribution < -0.4 is 0 Å². The summed E-state index contributed by atoms with van der Waals surface area (Å²) in [6.45, 7) is 3.95. The molecule has 144 valence electrons. The molecule has 0 aromatic rings. The number of hydrogen-bond donors (Lipinski definition) is 0. The molecule has 5 atom stereocenters. The molecule has 5 aliphatic rings. The molecule has 2 aliphatic carbocycles. The highest BCUT2D eigenvalue weighted by atomic mass is 79.9. The third-order valence-corrected chi connectivity index (χ3v) is 8.81. The topological polar surface area (TPSA) is 74.3 Å². The van der Waals surface area contributed by atoms with Crippen molar-refractivity contribution in [2.24, 2.45) is 16.7 Å². The van der Waals surface area contributed by atoms with Crippen molar-refractivity contribution in [3.05, 3.63) is 0 Å². The first-order valence-corrected chi connectivity index (χ1v) is 10.5. The lowest BCUT2D eigenvalue weighted by atomic mass is 9.45. The van der Waals surface area contributed by atoms with Crippen LogP contribution in [-0.2, 0) is 23.7 Å². The van der Waals surface area contributed by atoms with E-state index in [1.807, 2.05) is 11.8 Å². The van der Waals surface area contributed by atoms with E-state index in [0.717, 1.165) is 25.7 Å². The molecule has 3 saturated heterocycles. The molecule has 8 heteroatoms. The van der Waals surface area contributed by atoms with Crippen molar-refractivity contribution in [3.63, 3.8) is 0 Å². The van der Waals surface area contributed by atoms with Crippen molar-refractivity contribution in [1.29, 1.82) is 0 Å². The fraction of sp³-hybridized carbons (Fsp3) is 0.889. The number of amides is 1. The summed E-state index contributed by atoms with van der Waals surface area (Å²) in [5.41, 5.74) is -0.956. The smallest absolute Gasteiger partial charge is 0.433 e. The lowest BCUT2D eigenvalue weighted by molar-refractivity contribution is -0.278. The molecule has 2 saturated carbocycles. The van der Waals surface area contributed by atoms with Crippen LogP contribution in [0.3, 0.4) is 0 Å². The van der Waals surface area contributed by atoms with Gasteiger partial charge in [0.05, 0.1) is 18.2 Å². The first-order valence-electron chi connectivity index (χ1n) is 9.54. The number of carbonyl (C=O) groups excluding carboxylic acids is 2. The van der Waals surface area contributed by atoms with Gasteiger partial charge in [-0.3, -0.25) is 4.79 Å². The predicted octanol–water partition coefficient (Wildman–Crippen LogP) is 2.41. The minimum atomic E-state index is -0.785. The maximum atomic E-state index is 13.6. The fourth-order valence-corrected chi connectivity index (χ4v) is 7.60. The normalized spacial score (nSPS) is 46.4. The van der Waals surface area contributed by atoms with Crippen molar-refractivity contribution in [2.75, 3.05) is 26.4 Å². The number of hydrogen-bond acceptors (Lipinski definition) is 6. The van der Waals surface area contributed by atoms with E-state index in [4.69, 9.17) is 18.9 Å². The molecule has 3 heterocycles. The Morgan fingerprint density at radius 2 is 1.96 bits per heavy atom. The van der Waals surface area contributed by atoms with Gasteiger partial charge in [0.2, 0.25) is 5.91 Å². The third kappa shape index (κ3) is 1.96. The van der Waals surface area contributed by atoms with Gasteiger partial charge in [-0.1, -0.05) is 15.9 Å². The van der Waals surface area contributed by atoms with Crippen molar-refractivity contribution < 1.29 is 28.5 Å². The second kappa shape index (κ2) is 5.58. The summed E-state index contributed by atoms with van der Waals surface area (Å²) in [7, 11) is 0. The SMILES string of the molecule is CCN1C(=O)[C@]23COC(=O)O[C@@H]2CCC2(CC4(CCC23)OCCO4)[C@H]1Br. The molecule has 0 aromatic carbocycles. The van der Waals surface area contributed by atoms with Gasteiger partial charge in [0.1, 0.15) is 18.1 Å². The maximum Gasteiger partial charge on any atom is 0.508 e. The van der Waals surface area contributed by atoms with Crippen molar-refractivity contribution in [2.45, 2.75) is 55.9 Å². The van der Waals surface area contributed by atoms with E-state index >= 15 is 0 Å². The Bertz CT molecular complexity index is 652. The van der Waals surface area contributed by atoms with Crippen LogP contribution in [0.1, 0.15) is 39.0 Å². The van der Waals surface area contributed by atoms with Gasteiger partial charge >= 0.3 is 6.16 Å². The molecule has 5 rings (SSSR count). The van der Waals surface area contributed by atoms with Gasteiger partial charge in [-0.05, 0) is 32.1 Å². The molecule has 0 aromatic heterocycles. The van der Waals surface area contributed by atoms with Gasteiger partial charge < -0.3 is 23.8 Å². The van der Waals surface area contributed by atoms with Gasteiger partial charge in [-0.15, -0.1) is 0 Å². The fourth-order valence-electron chi connectivity index (χ4n) is 6.41. The molecule has 3 aliphatic heterocycles. The number of piperidine rings is 1. The van der Waals surface area contributed by atoms with Crippen molar-refractivity contribution in [1.82, 2.24) is 4.90 Å². The Balaban J connectivity index is 1.62. The molecule has 2 spiro atoms. The first kappa shape index (κ1) is 17.3. The molecule has 0 radical (unpaired) electrons. The average Bonchev–Trinajstić information content (AvgIpc) is 3.08. The minimum absolute atomic E-state index is 0.0453. The summed E-state index contributed by atoms with van der Waals surface area (Å²) in [5, 5.41) is 0. The van der Waals surface area contributed by atoms with Crippen LogP contribution in [0.2, 0.25) is 0 Å². The number of carbonyl (C=O) groups is 2. The van der Waals surface area contributed by atoms with E-state index in [1.165, 1.54) is 0 Å². The van der Waals surface area contributed by atoms with Crippen LogP contribution in [0.15, 0.2) is 0 Å². The van der Waals surface area contributed by atoms with Crippen LogP contribution in [0.4, 0.5) is 4.79 Å². The zero-order valence-electron chi connectivity index (χ0n) is 14.9. The summed E-state index contributed by atoms with van der Waals surface area (Å²) in [5.74, 6) is -0.411. The Morgan fingerprint density at radius 3 is 2.69 bits per heavy atom. The summed E-state index contributed by atoms with van der Waals surface area (Å²) in [4.78, 5) is 27.1. The molecule has 0 N–H and O–H groups in total. The number of ether oxygens (including phenoxy) is 4. The third-order valence-electron chi connectivity index (χ3n) is 7.40. The van der Waals surface area contributed by atoms with E-state index < -0.39 is 23.5 Å². The Hall–Kier alpha value is -0.860. The predicted molar refractivity (Wildman–Crippen MR) is 92.4 cm³/mol. The number of alkyl halides is 1. The highest BCUT2D eigenvalue weighted by Gasteiger charge is 2.74. The van der Waals surface area contributed by atoms with Gasteiger partial charge in [-0.25, -0.2) is 4.79 Å². The van der Waals surface area contributed by atoms with Gasteiger partial charge in [0, 0.05) is 24.8 Å². The molecule has 7 nitrogen and oxygen atoms in total. The Morgan fingerprint density at radius 1 is 1.19 bits per heavy atom. The van der Waals surface area contributed by atoms with E-state index in [1.54, 1.807) is 0 Å². The average molecular weight is 430 g/mol. The molecular weight excluding hydrogens is 406 g/mol. The highest BCUT2D eigenvalue weighted by molar-refractivity contribution is 9.09. The molecule has 2 bridgehead atoms. The lowest BCUT2D eigenvalue weighted by Gasteiger charge is -2.67. The molecular formula is C18H24BrNO6. The summed E-state index contributed by atoms with van der Waals surface area (Å²) < 4.78 is 22.9. The highest BCUT2D eigenvalue weighted by Crippen LogP contribution is 2.68. The second-order valence-corrected chi connectivity index (χ2v) is 9.13. The van der Waals surface area contributed by atoms with Gasteiger partial charge in [0.25, 0.3) is 0 Å². The molecule has 1 amide bonds. The van der Waals surface area contributed by atoms with E-state index in [2.05, 4.69) is 15.9 Å². The van der Waals surface area contributed by atoms with Gasteiger partial charge in [0.15, 0.2) is 5.79 Å². The Labute approximate surface area is 160 Å². The maximum absolute atomic E-state index is 13.6.